The fourth-order valence-corrected chi connectivity index (χ4v) is 4.79. The number of nitriles is 1. The van der Waals surface area contributed by atoms with Gasteiger partial charge in [-0.15, -0.1) is 5.10 Å². The van der Waals surface area contributed by atoms with Gasteiger partial charge in [-0.1, -0.05) is 28.4 Å². The van der Waals surface area contributed by atoms with Crippen LogP contribution in [0.4, 0.5) is 21.5 Å². The van der Waals surface area contributed by atoms with Crippen molar-refractivity contribution in [1.29, 1.82) is 5.26 Å². The van der Waals surface area contributed by atoms with E-state index in [1.54, 1.807) is 12.1 Å². The molecule has 0 amide bonds. The highest BCUT2D eigenvalue weighted by Crippen LogP contribution is 2.35. The minimum Gasteiger partial charge on any atom is -0.379 e. The molecule has 3 N–H and O–H groups in total. The normalized spacial score (nSPS) is 15.6. The third-order valence-corrected chi connectivity index (χ3v) is 6.72. The molecule has 1 saturated heterocycles. The zero-order valence-corrected chi connectivity index (χ0v) is 20.7. The van der Waals surface area contributed by atoms with Crippen LogP contribution in [0.1, 0.15) is 24.1 Å². The third kappa shape index (κ3) is 5.36. The summed E-state index contributed by atoms with van der Waals surface area (Å²) in [5, 5.41) is 29.2. The van der Waals surface area contributed by atoms with E-state index >= 15 is 0 Å². The molecule has 1 aliphatic heterocycles. The van der Waals surface area contributed by atoms with Crippen LogP contribution in [0.15, 0.2) is 42.7 Å². The Kier molecular flexibility index (Phi) is 7.18. The first-order valence-electron chi connectivity index (χ1n) is 11.6. The Balaban J connectivity index is 1.38. The molecule has 1 aliphatic rings. The first kappa shape index (κ1) is 24.3. The van der Waals surface area contributed by atoms with Gasteiger partial charge in [0.2, 0.25) is 0 Å². The fraction of sp³-hybridized carbons (Fsp3) is 0.280. The number of pyridine rings is 1. The largest absolute Gasteiger partial charge is 0.379 e. The molecule has 36 heavy (non-hydrogen) atoms. The predicted octanol–water partition coefficient (Wildman–Crippen LogP) is 5.50. The second-order valence-electron chi connectivity index (χ2n) is 8.76. The number of nitrogens with one attached hydrogen (secondary N) is 3. The Bertz CT molecular complexity index is 1440. The van der Waals surface area contributed by atoms with Crippen molar-refractivity contribution < 1.29 is 4.39 Å². The number of rotatable bonds is 7. The molecule has 2 aromatic carbocycles. The summed E-state index contributed by atoms with van der Waals surface area (Å²) < 4.78 is 15.5. The lowest BCUT2D eigenvalue weighted by Crippen LogP contribution is -2.32. The summed E-state index contributed by atoms with van der Waals surface area (Å²) >= 11 is 12.5. The van der Waals surface area contributed by atoms with Crippen LogP contribution in [-0.2, 0) is 13.1 Å². The molecule has 0 radical (unpaired) electrons. The van der Waals surface area contributed by atoms with Crippen LogP contribution in [0.5, 0.6) is 0 Å². The van der Waals surface area contributed by atoms with Gasteiger partial charge in [-0.2, -0.15) is 5.26 Å². The van der Waals surface area contributed by atoms with Crippen molar-refractivity contribution in [2.45, 2.75) is 25.9 Å². The number of benzene rings is 2. The summed E-state index contributed by atoms with van der Waals surface area (Å²) in [4.78, 5) is 4.36. The number of hydrogen-bond donors (Lipinski definition) is 3. The number of fused-ring (bicyclic) bond motifs is 1. The van der Waals surface area contributed by atoms with E-state index in [-0.39, 0.29) is 5.02 Å². The van der Waals surface area contributed by atoms with E-state index < -0.39 is 5.82 Å². The Labute approximate surface area is 217 Å². The van der Waals surface area contributed by atoms with Gasteiger partial charge in [-0.3, -0.25) is 9.67 Å². The van der Waals surface area contributed by atoms with E-state index in [1.807, 2.05) is 16.9 Å². The summed E-state index contributed by atoms with van der Waals surface area (Å²) in [6.45, 7) is 3.37. The predicted molar refractivity (Wildman–Crippen MR) is 139 cm³/mol. The molecule has 1 atom stereocenters. The molecule has 1 unspecified atom stereocenters. The minimum absolute atomic E-state index is 0.0231. The van der Waals surface area contributed by atoms with E-state index in [9.17, 15) is 9.65 Å². The maximum Gasteiger partial charge on any atom is 0.141 e. The summed E-state index contributed by atoms with van der Waals surface area (Å²) in [5.41, 5.74) is 3.42. The number of halogens is 3. The van der Waals surface area contributed by atoms with Gasteiger partial charge in [0.25, 0.3) is 0 Å². The molecule has 2 aromatic heterocycles. The van der Waals surface area contributed by atoms with Crippen LogP contribution in [0.3, 0.4) is 0 Å². The van der Waals surface area contributed by atoms with Crippen molar-refractivity contribution in [3.8, 4) is 6.07 Å². The monoisotopic (exact) mass is 524 g/mol. The Morgan fingerprint density at radius 3 is 2.83 bits per heavy atom. The first-order chi connectivity index (χ1) is 17.5. The number of aromatic nitrogens is 4. The fourth-order valence-electron chi connectivity index (χ4n) is 4.35. The molecule has 184 valence electrons. The molecular weight excluding hydrogens is 502 g/mol. The van der Waals surface area contributed by atoms with Crippen LogP contribution in [0.2, 0.25) is 10.0 Å². The average molecular weight is 525 g/mol. The molecule has 0 spiro atoms. The van der Waals surface area contributed by atoms with Crippen molar-refractivity contribution >= 4 is 51.2 Å². The van der Waals surface area contributed by atoms with Crippen molar-refractivity contribution in [2.24, 2.45) is 5.92 Å². The van der Waals surface area contributed by atoms with Crippen molar-refractivity contribution in [3.05, 3.63) is 69.8 Å². The van der Waals surface area contributed by atoms with E-state index in [4.69, 9.17) is 23.2 Å². The zero-order valence-electron chi connectivity index (χ0n) is 19.2. The Morgan fingerprint density at radius 2 is 2.06 bits per heavy atom. The van der Waals surface area contributed by atoms with Crippen LogP contribution in [0, 0.1) is 23.1 Å². The van der Waals surface area contributed by atoms with Crippen LogP contribution in [0.25, 0.3) is 10.9 Å². The Hall–Kier alpha value is -3.45. The zero-order chi connectivity index (χ0) is 25.1. The summed E-state index contributed by atoms with van der Waals surface area (Å²) in [5.74, 6) is 0.0356. The number of nitrogens with zero attached hydrogens (tertiary/aromatic N) is 5. The summed E-state index contributed by atoms with van der Waals surface area (Å²) in [6, 6.07) is 10.1. The topological polar surface area (TPSA) is 103 Å². The van der Waals surface area contributed by atoms with Gasteiger partial charge < -0.3 is 16.0 Å². The average Bonchev–Trinajstić information content (AvgIpc) is 3.33. The van der Waals surface area contributed by atoms with Gasteiger partial charge in [0.05, 0.1) is 39.6 Å². The lowest BCUT2D eigenvalue weighted by molar-refractivity contribution is 0.322. The number of piperidine rings is 1. The maximum absolute atomic E-state index is 13.6. The lowest BCUT2D eigenvalue weighted by atomic mass is 10.00. The highest BCUT2D eigenvalue weighted by molar-refractivity contribution is 6.36. The van der Waals surface area contributed by atoms with Crippen LogP contribution >= 0.6 is 23.2 Å². The molecule has 5 rings (SSSR count). The molecule has 1 fully saturated rings. The molecule has 11 heteroatoms. The van der Waals surface area contributed by atoms with Gasteiger partial charge in [0.1, 0.15) is 17.6 Å². The molecule has 0 saturated carbocycles. The van der Waals surface area contributed by atoms with Crippen LogP contribution in [-0.4, -0.2) is 33.1 Å². The van der Waals surface area contributed by atoms with E-state index in [0.29, 0.717) is 45.3 Å². The molecule has 8 nitrogen and oxygen atoms in total. The van der Waals surface area contributed by atoms with Crippen molar-refractivity contribution in [1.82, 2.24) is 25.3 Å². The van der Waals surface area contributed by atoms with Gasteiger partial charge in [0.15, 0.2) is 0 Å². The lowest BCUT2D eigenvalue weighted by Gasteiger charge is -2.22. The maximum atomic E-state index is 13.6. The molecule has 0 aliphatic carbocycles. The standard InChI is InChI=1S/C25H23Cl2FN8/c26-21-7-17(3-4-23(21)28)33-24-16(9-29)11-32-25-20(24)6-18(8-22(25)27)31-12-19-14-36(35-34-19)13-15-2-1-5-30-10-15/h3-4,6-8,11,14-15,30-31H,1-2,5,10,12-13H2,(H,32,33). The first-order valence-corrected chi connectivity index (χ1v) is 12.3. The molecular formula is C25H23Cl2FN8. The highest BCUT2D eigenvalue weighted by Gasteiger charge is 2.16. The van der Waals surface area contributed by atoms with E-state index in [1.165, 1.54) is 31.2 Å². The SMILES string of the molecule is N#Cc1cnc2c(Cl)cc(NCc3cn(CC4CCCNC4)nn3)cc2c1Nc1ccc(F)c(Cl)c1. The smallest absolute Gasteiger partial charge is 0.141 e. The highest BCUT2D eigenvalue weighted by atomic mass is 35.5. The number of anilines is 3. The van der Waals surface area contributed by atoms with E-state index in [0.717, 1.165) is 31.0 Å². The third-order valence-electron chi connectivity index (χ3n) is 6.14. The van der Waals surface area contributed by atoms with Crippen LogP contribution < -0.4 is 16.0 Å². The number of hydrogen-bond acceptors (Lipinski definition) is 7. The van der Waals surface area contributed by atoms with Crippen molar-refractivity contribution in [3.63, 3.8) is 0 Å². The van der Waals surface area contributed by atoms with Gasteiger partial charge in [-0.05, 0) is 62.2 Å². The summed E-state index contributed by atoms with van der Waals surface area (Å²) in [6.07, 6.45) is 5.78. The quantitative estimate of drug-likeness (QED) is 0.293. The van der Waals surface area contributed by atoms with Gasteiger partial charge in [-0.25, -0.2) is 4.39 Å². The summed E-state index contributed by atoms with van der Waals surface area (Å²) in [7, 11) is 0. The molecule has 4 aromatic rings. The van der Waals surface area contributed by atoms with E-state index in [2.05, 4.69) is 37.3 Å². The molecule has 3 heterocycles. The second-order valence-corrected chi connectivity index (χ2v) is 9.58. The minimum atomic E-state index is -0.524. The van der Waals surface area contributed by atoms with Gasteiger partial charge in [0, 0.05) is 29.5 Å². The van der Waals surface area contributed by atoms with Crippen molar-refractivity contribution in [2.75, 3.05) is 23.7 Å². The molecule has 0 bridgehead atoms. The Morgan fingerprint density at radius 1 is 1.19 bits per heavy atom. The second kappa shape index (κ2) is 10.7. The van der Waals surface area contributed by atoms with Gasteiger partial charge >= 0.3 is 0 Å².